The van der Waals surface area contributed by atoms with Crippen LogP contribution in [0.2, 0.25) is 0 Å². The van der Waals surface area contributed by atoms with Crippen LogP contribution in [0.4, 0.5) is 0 Å². The Bertz CT molecular complexity index is 802. The van der Waals surface area contributed by atoms with Crippen LogP contribution in [0, 0.1) is 11.3 Å². The SMILES string of the molecule is CC(C)(C)C1CC(OS(=O)(=O)CCO[SiH](c2ccccc2)c2ccccc2)C1. The lowest BCUT2D eigenvalue weighted by Gasteiger charge is -2.42. The van der Waals surface area contributed by atoms with Gasteiger partial charge in [0.05, 0.1) is 18.5 Å². The molecular weight excluding hydrogens is 388 g/mol. The predicted molar refractivity (Wildman–Crippen MR) is 116 cm³/mol. The van der Waals surface area contributed by atoms with Crippen LogP contribution in [0.3, 0.4) is 0 Å². The Morgan fingerprint density at radius 3 is 1.89 bits per heavy atom. The second-order valence-corrected chi connectivity index (χ2v) is 12.7. The molecule has 0 radical (unpaired) electrons. The van der Waals surface area contributed by atoms with E-state index in [1.807, 2.05) is 36.4 Å². The van der Waals surface area contributed by atoms with Crippen molar-refractivity contribution >= 4 is 29.5 Å². The van der Waals surface area contributed by atoms with E-state index in [9.17, 15) is 8.42 Å². The maximum absolute atomic E-state index is 12.4. The van der Waals surface area contributed by atoms with Crippen molar-refractivity contribution in [3.63, 3.8) is 0 Å². The van der Waals surface area contributed by atoms with Gasteiger partial charge in [0.1, 0.15) is 0 Å². The number of rotatable bonds is 8. The van der Waals surface area contributed by atoms with E-state index < -0.39 is 19.2 Å². The summed E-state index contributed by atoms with van der Waals surface area (Å²) in [6.07, 6.45) is 1.45. The summed E-state index contributed by atoms with van der Waals surface area (Å²) in [6.45, 7) is 6.72. The molecule has 1 fully saturated rings. The fourth-order valence-corrected chi connectivity index (χ4v) is 6.92. The van der Waals surface area contributed by atoms with Crippen LogP contribution in [0.5, 0.6) is 0 Å². The highest BCUT2D eigenvalue weighted by atomic mass is 32.2. The first-order valence-electron chi connectivity index (χ1n) is 9.87. The monoisotopic (exact) mass is 418 g/mol. The van der Waals surface area contributed by atoms with Crippen molar-refractivity contribution in [3.05, 3.63) is 60.7 Å². The van der Waals surface area contributed by atoms with Crippen LogP contribution in [-0.2, 0) is 18.7 Å². The highest BCUT2D eigenvalue weighted by Crippen LogP contribution is 2.43. The molecule has 0 saturated heterocycles. The minimum absolute atomic E-state index is 0.104. The molecule has 0 unspecified atom stereocenters. The van der Waals surface area contributed by atoms with Crippen molar-refractivity contribution in [1.29, 1.82) is 0 Å². The van der Waals surface area contributed by atoms with Gasteiger partial charge in [-0.2, -0.15) is 8.42 Å². The van der Waals surface area contributed by atoms with Crippen molar-refractivity contribution in [1.82, 2.24) is 0 Å². The quantitative estimate of drug-likeness (QED) is 0.489. The lowest BCUT2D eigenvalue weighted by molar-refractivity contribution is 0.0111. The number of hydrogen-bond acceptors (Lipinski definition) is 4. The molecule has 0 aromatic heterocycles. The smallest absolute Gasteiger partial charge is 0.269 e. The predicted octanol–water partition coefficient (Wildman–Crippen LogP) is 2.71. The van der Waals surface area contributed by atoms with Gasteiger partial charge in [0.25, 0.3) is 10.1 Å². The molecule has 152 valence electrons. The van der Waals surface area contributed by atoms with Gasteiger partial charge in [-0.3, -0.25) is 4.18 Å². The Labute approximate surface area is 170 Å². The van der Waals surface area contributed by atoms with Gasteiger partial charge in [-0.25, -0.2) is 0 Å². The zero-order valence-electron chi connectivity index (χ0n) is 16.9. The van der Waals surface area contributed by atoms with E-state index >= 15 is 0 Å². The lowest BCUT2D eigenvalue weighted by atomic mass is 9.67. The molecule has 1 aliphatic carbocycles. The zero-order chi connectivity index (χ0) is 20.2. The molecule has 2 aromatic carbocycles. The van der Waals surface area contributed by atoms with E-state index in [0.717, 1.165) is 23.2 Å². The summed E-state index contributed by atoms with van der Waals surface area (Å²) >= 11 is 0. The zero-order valence-corrected chi connectivity index (χ0v) is 18.8. The van der Waals surface area contributed by atoms with Gasteiger partial charge in [-0.05, 0) is 34.5 Å². The van der Waals surface area contributed by atoms with E-state index in [0.29, 0.717) is 5.92 Å². The standard InChI is InChI=1S/C22H30O4SSi/c1-22(2,3)18-16-19(17-18)26-27(23,24)15-14-25-28(20-10-6-4-7-11-20)21-12-8-5-9-13-21/h4-13,18-19,28H,14-17H2,1-3H3. The normalized spacial score (nSPS) is 20.1. The first-order chi connectivity index (χ1) is 13.2. The van der Waals surface area contributed by atoms with Crippen molar-refractivity contribution in [2.45, 2.75) is 39.7 Å². The summed E-state index contributed by atoms with van der Waals surface area (Å²) in [5.41, 5.74) is 0.205. The van der Waals surface area contributed by atoms with E-state index in [2.05, 4.69) is 45.0 Å². The Morgan fingerprint density at radius 1 is 0.929 bits per heavy atom. The third-order valence-corrected chi connectivity index (χ3v) is 9.21. The van der Waals surface area contributed by atoms with Crippen LogP contribution < -0.4 is 10.4 Å². The van der Waals surface area contributed by atoms with E-state index in [1.54, 1.807) is 0 Å². The van der Waals surface area contributed by atoms with Gasteiger partial charge < -0.3 is 4.43 Å². The molecule has 1 aliphatic rings. The number of hydrogen-bond donors (Lipinski definition) is 0. The molecule has 28 heavy (non-hydrogen) atoms. The molecule has 0 bridgehead atoms. The lowest BCUT2D eigenvalue weighted by Crippen LogP contribution is -2.46. The average Bonchev–Trinajstić information content (AvgIpc) is 2.62. The van der Waals surface area contributed by atoms with Gasteiger partial charge >= 0.3 is 0 Å². The minimum Gasteiger partial charge on any atom is -0.410 e. The highest BCUT2D eigenvalue weighted by molar-refractivity contribution is 7.86. The molecule has 6 heteroatoms. The first kappa shape index (κ1) is 21.2. The molecule has 2 aromatic rings. The van der Waals surface area contributed by atoms with Crippen LogP contribution >= 0.6 is 0 Å². The summed E-state index contributed by atoms with van der Waals surface area (Å²) < 4.78 is 36.3. The van der Waals surface area contributed by atoms with Crippen LogP contribution in [0.25, 0.3) is 0 Å². The fourth-order valence-electron chi connectivity index (χ4n) is 3.52. The van der Waals surface area contributed by atoms with Gasteiger partial charge in [-0.15, -0.1) is 0 Å². The number of benzene rings is 2. The molecule has 0 atom stereocenters. The van der Waals surface area contributed by atoms with Crippen LogP contribution in [0.15, 0.2) is 60.7 Å². The molecule has 4 nitrogen and oxygen atoms in total. The van der Waals surface area contributed by atoms with Crippen LogP contribution in [0.1, 0.15) is 33.6 Å². The summed E-state index contributed by atoms with van der Waals surface area (Å²) in [5, 5.41) is 2.28. The molecule has 3 rings (SSSR count). The second kappa shape index (κ2) is 8.90. The van der Waals surface area contributed by atoms with Crippen molar-refractivity contribution in [2.75, 3.05) is 12.4 Å². The first-order valence-corrected chi connectivity index (χ1v) is 13.1. The Balaban J connectivity index is 1.55. The highest BCUT2D eigenvalue weighted by Gasteiger charge is 2.39. The third-order valence-electron chi connectivity index (χ3n) is 5.42. The third kappa shape index (κ3) is 5.77. The van der Waals surface area contributed by atoms with Crippen molar-refractivity contribution in [2.24, 2.45) is 11.3 Å². The van der Waals surface area contributed by atoms with E-state index in [4.69, 9.17) is 8.61 Å². The Kier molecular flexibility index (Phi) is 6.76. The maximum Gasteiger partial charge on any atom is 0.269 e. The fraction of sp³-hybridized carbons (Fsp3) is 0.455. The largest absolute Gasteiger partial charge is 0.410 e. The Morgan fingerprint density at radius 2 is 1.43 bits per heavy atom. The van der Waals surface area contributed by atoms with Gasteiger partial charge in [0.2, 0.25) is 9.04 Å². The molecular formula is C22H30O4SSi. The van der Waals surface area contributed by atoms with Crippen molar-refractivity contribution < 1.29 is 17.0 Å². The van der Waals surface area contributed by atoms with E-state index in [1.165, 1.54) is 0 Å². The van der Waals surface area contributed by atoms with Crippen LogP contribution in [-0.4, -0.2) is 35.9 Å². The molecule has 0 heterocycles. The summed E-state index contributed by atoms with van der Waals surface area (Å²) in [6, 6.07) is 20.1. The molecule has 0 spiro atoms. The minimum atomic E-state index is -3.57. The molecule has 0 aliphatic heterocycles. The summed E-state index contributed by atoms with van der Waals surface area (Å²) in [7, 11) is -5.50. The van der Waals surface area contributed by atoms with E-state index in [-0.39, 0.29) is 23.9 Å². The van der Waals surface area contributed by atoms with Gasteiger partial charge in [0, 0.05) is 0 Å². The summed E-state index contributed by atoms with van der Waals surface area (Å²) in [5.74, 6) is 0.421. The van der Waals surface area contributed by atoms with Gasteiger partial charge in [-0.1, -0.05) is 81.4 Å². The topological polar surface area (TPSA) is 52.6 Å². The molecule has 1 saturated carbocycles. The van der Waals surface area contributed by atoms with Gasteiger partial charge in [0.15, 0.2) is 0 Å². The van der Waals surface area contributed by atoms with Crippen molar-refractivity contribution in [3.8, 4) is 0 Å². The second-order valence-electron chi connectivity index (χ2n) is 8.59. The maximum atomic E-state index is 12.4. The molecule has 0 N–H and O–H groups in total. The average molecular weight is 419 g/mol. The molecule has 0 amide bonds. The summed E-state index contributed by atoms with van der Waals surface area (Å²) in [4.78, 5) is 0. The Hall–Kier alpha value is -1.47.